The summed E-state index contributed by atoms with van der Waals surface area (Å²) in [5.74, 6) is 0.202. The Kier molecular flexibility index (Phi) is 2.21. The number of aromatic amines is 2. The number of fused-ring (bicyclic) bond motifs is 6. The van der Waals surface area contributed by atoms with E-state index < -0.39 is 0 Å². The molecular formula is C19H12N2O2. The molecule has 0 saturated carbocycles. The standard InChI is InChI=1S/C19H12N2O2/c22-9-14-18-12-3-1-2-4-15(12)20-17(18)8-13-11-6-5-10(23)7-16(11)21-19(13)14/h1-9,20-21,23H. The van der Waals surface area contributed by atoms with Crippen molar-refractivity contribution in [2.24, 2.45) is 0 Å². The third-order valence-electron chi connectivity index (χ3n) is 4.50. The fraction of sp³-hybridized carbons (Fsp3) is 0. The predicted molar refractivity (Wildman–Crippen MR) is 92.2 cm³/mol. The SMILES string of the molecule is O=Cc1c2[nH]c3cc(O)ccc3c2cc2[nH]c3ccccc3c12. The molecule has 0 saturated heterocycles. The summed E-state index contributed by atoms with van der Waals surface area (Å²) in [5.41, 5.74) is 4.22. The van der Waals surface area contributed by atoms with Crippen molar-refractivity contribution in [3.8, 4) is 5.75 Å². The molecule has 2 aromatic heterocycles. The maximum absolute atomic E-state index is 11.8. The number of aldehydes is 1. The molecule has 0 aliphatic rings. The molecule has 4 heteroatoms. The molecule has 5 aromatic rings. The summed E-state index contributed by atoms with van der Waals surface area (Å²) in [4.78, 5) is 18.5. The lowest BCUT2D eigenvalue weighted by molar-refractivity contribution is 0.112. The Balaban J connectivity index is 2.08. The van der Waals surface area contributed by atoms with Crippen molar-refractivity contribution >= 4 is 49.9 Å². The summed E-state index contributed by atoms with van der Waals surface area (Å²) in [6.07, 6.45) is 0.903. The Morgan fingerprint density at radius 1 is 0.826 bits per heavy atom. The fourth-order valence-corrected chi connectivity index (χ4v) is 3.52. The summed E-state index contributed by atoms with van der Waals surface area (Å²) in [7, 11) is 0. The van der Waals surface area contributed by atoms with Gasteiger partial charge in [-0.15, -0.1) is 0 Å². The van der Waals surface area contributed by atoms with E-state index in [1.165, 1.54) is 0 Å². The van der Waals surface area contributed by atoms with Crippen molar-refractivity contribution in [1.82, 2.24) is 9.97 Å². The van der Waals surface area contributed by atoms with Crippen LogP contribution in [0.5, 0.6) is 5.75 Å². The van der Waals surface area contributed by atoms with Crippen LogP contribution in [0.1, 0.15) is 10.4 Å². The van der Waals surface area contributed by atoms with E-state index in [2.05, 4.69) is 16.0 Å². The van der Waals surface area contributed by atoms with Crippen molar-refractivity contribution < 1.29 is 9.90 Å². The number of phenols is 1. The topological polar surface area (TPSA) is 68.9 Å². The quantitative estimate of drug-likeness (QED) is 0.400. The number of H-pyrrole nitrogens is 2. The number of aromatic nitrogens is 2. The van der Waals surface area contributed by atoms with Crippen LogP contribution in [0.3, 0.4) is 0 Å². The molecule has 0 bridgehead atoms. The van der Waals surface area contributed by atoms with Gasteiger partial charge in [-0.3, -0.25) is 4.79 Å². The number of carbonyl (C=O) groups excluding carboxylic acids is 1. The van der Waals surface area contributed by atoms with Crippen LogP contribution in [-0.2, 0) is 0 Å². The lowest BCUT2D eigenvalue weighted by Gasteiger charge is -1.99. The molecule has 23 heavy (non-hydrogen) atoms. The first-order valence-corrected chi connectivity index (χ1v) is 7.39. The summed E-state index contributed by atoms with van der Waals surface area (Å²) < 4.78 is 0. The van der Waals surface area contributed by atoms with Gasteiger partial charge in [0, 0.05) is 44.2 Å². The van der Waals surface area contributed by atoms with Crippen LogP contribution >= 0.6 is 0 Å². The Labute approximate surface area is 130 Å². The number of rotatable bonds is 1. The van der Waals surface area contributed by atoms with Crippen molar-refractivity contribution in [3.05, 3.63) is 54.1 Å². The second-order valence-corrected chi connectivity index (χ2v) is 5.78. The maximum atomic E-state index is 11.8. The van der Waals surface area contributed by atoms with Crippen LogP contribution in [0.2, 0.25) is 0 Å². The van der Waals surface area contributed by atoms with Crippen LogP contribution in [0.25, 0.3) is 43.6 Å². The Morgan fingerprint density at radius 2 is 1.70 bits per heavy atom. The first-order chi connectivity index (χ1) is 11.3. The molecule has 110 valence electrons. The minimum atomic E-state index is 0.202. The number of carbonyl (C=O) groups is 1. The Hall–Kier alpha value is -3.27. The van der Waals surface area contributed by atoms with E-state index in [4.69, 9.17) is 0 Å². The van der Waals surface area contributed by atoms with E-state index in [-0.39, 0.29) is 5.75 Å². The zero-order valence-electron chi connectivity index (χ0n) is 12.1. The molecule has 3 aromatic carbocycles. The number of phenolic OH excluding ortho intramolecular Hbond substituents is 1. The highest BCUT2D eigenvalue weighted by Gasteiger charge is 2.15. The molecule has 0 unspecified atom stereocenters. The van der Waals surface area contributed by atoms with E-state index in [0.29, 0.717) is 5.56 Å². The van der Waals surface area contributed by atoms with Gasteiger partial charge in [-0.25, -0.2) is 0 Å². The van der Waals surface area contributed by atoms with Gasteiger partial charge in [-0.1, -0.05) is 18.2 Å². The summed E-state index contributed by atoms with van der Waals surface area (Å²) in [6, 6.07) is 15.2. The van der Waals surface area contributed by atoms with Crippen molar-refractivity contribution in [1.29, 1.82) is 0 Å². The lowest BCUT2D eigenvalue weighted by Crippen LogP contribution is -1.85. The molecule has 4 nitrogen and oxygen atoms in total. The number of hydrogen-bond donors (Lipinski definition) is 3. The maximum Gasteiger partial charge on any atom is 0.152 e. The molecule has 3 N–H and O–H groups in total. The number of hydrogen-bond acceptors (Lipinski definition) is 2. The van der Waals surface area contributed by atoms with Crippen molar-refractivity contribution in [3.63, 3.8) is 0 Å². The monoisotopic (exact) mass is 300 g/mol. The largest absolute Gasteiger partial charge is 0.508 e. The van der Waals surface area contributed by atoms with E-state index >= 15 is 0 Å². The van der Waals surface area contributed by atoms with E-state index in [1.807, 2.05) is 30.3 Å². The van der Waals surface area contributed by atoms with Crippen LogP contribution in [-0.4, -0.2) is 21.4 Å². The minimum Gasteiger partial charge on any atom is -0.508 e. The molecule has 0 atom stereocenters. The van der Waals surface area contributed by atoms with Gasteiger partial charge in [0.15, 0.2) is 6.29 Å². The zero-order valence-corrected chi connectivity index (χ0v) is 12.1. The average molecular weight is 300 g/mol. The minimum absolute atomic E-state index is 0.202. The van der Waals surface area contributed by atoms with E-state index in [0.717, 1.165) is 49.9 Å². The fourth-order valence-electron chi connectivity index (χ4n) is 3.52. The molecule has 2 heterocycles. The summed E-state index contributed by atoms with van der Waals surface area (Å²) in [5, 5.41) is 13.6. The first-order valence-electron chi connectivity index (χ1n) is 7.39. The van der Waals surface area contributed by atoms with Crippen molar-refractivity contribution in [2.75, 3.05) is 0 Å². The van der Waals surface area contributed by atoms with Gasteiger partial charge in [0.1, 0.15) is 5.75 Å². The molecular weight excluding hydrogens is 288 g/mol. The van der Waals surface area contributed by atoms with Crippen LogP contribution in [0.15, 0.2) is 48.5 Å². The van der Waals surface area contributed by atoms with Gasteiger partial charge < -0.3 is 15.1 Å². The smallest absolute Gasteiger partial charge is 0.152 e. The zero-order chi connectivity index (χ0) is 15.6. The normalized spacial score (nSPS) is 11.8. The van der Waals surface area contributed by atoms with Gasteiger partial charge in [-0.05, 0) is 24.3 Å². The number of benzene rings is 3. The third-order valence-corrected chi connectivity index (χ3v) is 4.50. The highest BCUT2D eigenvalue weighted by molar-refractivity contribution is 6.24. The van der Waals surface area contributed by atoms with Crippen molar-refractivity contribution in [2.45, 2.75) is 0 Å². The second-order valence-electron chi connectivity index (χ2n) is 5.78. The molecule has 0 amide bonds. The number of nitrogens with one attached hydrogen (secondary N) is 2. The predicted octanol–water partition coefficient (Wildman–Crippen LogP) is 4.47. The molecule has 0 aliphatic heterocycles. The van der Waals surface area contributed by atoms with Gasteiger partial charge >= 0.3 is 0 Å². The molecule has 5 rings (SSSR count). The number of aromatic hydroxyl groups is 1. The number of para-hydroxylation sites is 1. The van der Waals surface area contributed by atoms with Gasteiger partial charge in [0.25, 0.3) is 0 Å². The average Bonchev–Trinajstić information content (AvgIpc) is 3.10. The highest BCUT2D eigenvalue weighted by Crippen LogP contribution is 2.36. The summed E-state index contributed by atoms with van der Waals surface area (Å²) in [6.45, 7) is 0. The molecule has 0 spiro atoms. The second kappa shape index (κ2) is 4.14. The third kappa shape index (κ3) is 1.52. The van der Waals surface area contributed by atoms with Crippen LogP contribution in [0.4, 0.5) is 0 Å². The van der Waals surface area contributed by atoms with E-state index in [9.17, 15) is 9.90 Å². The van der Waals surface area contributed by atoms with Gasteiger partial charge in [0.2, 0.25) is 0 Å². The molecule has 0 aliphatic carbocycles. The Morgan fingerprint density at radius 3 is 2.57 bits per heavy atom. The van der Waals surface area contributed by atoms with Crippen LogP contribution < -0.4 is 0 Å². The first kappa shape index (κ1) is 12.3. The molecule has 0 fully saturated rings. The Bertz CT molecular complexity index is 1240. The van der Waals surface area contributed by atoms with Gasteiger partial charge in [0.05, 0.1) is 11.0 Å². The van der Waals surface area contributed by atoms with E-state index in [1.54, 1.807) is 12.1 Å². The van der Waals surface area contributed by atoms with Crippen LogP contribution in [0, 0.1) is 0 Å². The molecule has 0 radical (unpaired) electrons. The summed E-state index contributed by atoms with van der Waals surface area (Å²) >= 11 is 0. The van der Waals surface area contributed by atoms with Gasteiger partial charge in [-0.2, -0.15) is 0 Å². The lowest BCUT2D eigenvalue weighted by atomic mass is 10.0. The highest BCUT2D eigenvalue weighted by atomic mass is 16.3.